The summed E-state index contributed by atoms with van der Waals surface area (Å²) in [5.41, 5.74) is 3.71. The fourth-order valence-corrected chi connectivity index (χ4v) is 6.28. The largest absolute Gasteiger partial charge is 0.378 e. The first-order valence-electron chi connectivity index (χ1n) is 13.6. The van der Waals surface area contributed by atoms with E-state index in [1.807, 2.05) is 25.1 Å². The molecule has 194 valence electrons. The molecule has 10 nitrogen and oxygen atoms in total. The maximum Gasteiger partial charge on any atom is 0.239 e. The van der Waals surface area contributed by atoms with E-state index in [1.165, 1.54) is 25.8 Å². The number of fused-ring (bicyclic) bond motifs is 3. The second-order valence-corrected chi connectivity index (χ2v) is 10.6. The van der Waals surface area contributed by atoms with E-state index in [9.17, 15) is 0 Å². The van der Waals surface area contributed by atoms with E-state index in [1.54, 1.807) is 0 Å². The van der Waals surface area contributed by atoms with Crippen molar-refractivity contribution in [2.75, 3.05) is 57.4 Å². The lowest BCUT2D eigenvalue weighted by Crippen LogP contribution is -2.54. The maximum absolute atomic E-state index is 5.65. The number of piperidine rings is 1. The van der Waals surface area contributed by atoms with Crippen molar-refractivity contribution in [1.29, 1.82) is 0 Å². The Balaban J connectivity index is 1.30. The number of benzene rings is 1. The van der Waals surface area contributed by atoms with E-state index in [0.717, 1.165) is 78.9 Å². The predicted octanol–water partition coefficient (Wildman–Crippen LogP) is 2.52. The second-order valence-electron chi connectivity index (χ2n) is 10.6. The minimum absolute atomic E-state index is 0.644. The summed E-state index contributed by atoms with van der Waals surface area (Å²) in [5, 5.41) is 0. The molecule has 6 heterocycles. The van der Waals surface area contributed by atoms with Crippen LogP contribution in [0.25, 0.3) is 28.1 Å². The van der Waals surface area contributed by atoms with Crippen molar-refractivity contribution in [3.8, 4) is 5.95 Å². The normalized spacial score (nSPS) is 21.7. The number of rotatable bonds is 4. The van der Waals surface area contributed by atoms with E-state index >= 15 is 0 Å². The number of anilines is 1. The molecule has 0 saturated carbocycles. The molecule has 0 radical (unpaired) electrons. The first-order chi connectivity index (χ1) is 18.2. The predicted molar refractivity (Wildman–Crippen MR) is 143 cm³/mol. The lowest BCUT2D eigenvalue weighted by Gasteiger charge is -2.43. The van der Waals surface area contributed by atoms with Crippen molar-refractivity contribution in [3.63, 3.8) is 0 Å². The smallest absolute Gasteiger partial charge is 0.239 e. The second kappa shape index (κ2) is 9.34. The molecule has 3 aliphatic rings. The van der Waals surface area contributed by atoms with Crippen molar-refractivity contribution in [2.24, 2.45) is 7.05 Å². The zero-order chi connectivity index (χ0) is 24.9. The molecule has 37 heavy (non-hydrogen) atoms. The first kappa shape index (κ1) is 23.1. The number of imidazole rings is 2. The molecule has 3 aromatic heterocycles. The monoisotopic (exact) mass is 501 g/mol. The summed E-state index contributed by atoms with van der Waals surface area (Å²) >= 11 is 0. The van der Waals surface area contributed by atoms with Crippen LogP contribution in [0.15, 0.2) is 24.3 Å². The Hall–Kier alpha value is -3.08. The minimum Gasteiger partial charge on any atom is -0.378 e. The number of morpholine rings is 1. The highest BCUT2D eigenvalue weighted by atomic mass is 16.5. The Bertz CT molecular complexity index is 1440. The lowest BCUT2D eigenvalue weighted by atomic mass is 9.99. The van der Waals surface area contributed by atoms with Gasteiger partial charge in [-0.05, 0) is 38.4 Å². The van der Waals surface area contributed by atoms with E-state index in [4.69, 9.17) is 24.7 Å². The maximum atomic E-state index is 5.65. The Morgan fingerprint density at radius 2 is 1.81 bits per heavy atom. The van der Waals surface area contributed by atoms with Gasteiger partial charge in [0.1, 0.15) is 11.6 Å². The van der Waals surface area contributed by atoms with Crippen LogP contribution in [0.2, 0.25) is 0 Å². The molecule has 1 unspecified atom stereocenters. The molecule has 0 N–H and O–H groups in total. The quantitative estimate of drug-likeness (QED) is 0.422. The molecule has 3 aliphatic heterocycles. The Kier molecular flexibility index (Phi) is 5.82. The summed E-state index contributed by atoms with van der Waals surface area (Å²) in [6.07, 6.45) is 4.01. The molecule has 1 atom stereocenters. The fourth-order valence-electron chi connectivity index (χ4n) is 6.28. The van der Waals surface area contributed by atoms with Gasteiger partial charge in [-0.3, -0.25) is 14.4 Å². The van der Waals surface area contributed by atoms with Gasteiger partial charge in [0.05, 0.1) is 30.8 Å². The van der Waals surface area contributed by atoms with Crippen molar-refractivity contribution in [1.82, 2.24) is 38.9 Å². The molecule has 3 saturated heterocycles. The zero-order valence-electron chi connectivity index (χ0n) is 21.8. The number of para-hydroxylation sites is 2. The van der Waals surface area contributed by atoms with Gasteiger partial charge < -0.3 is 14.2 Å². The third-order valence-electron chi connectivity index (χ3n) is 8.31. The van der Waals surface area contributed by atoms with Gasteiger partial charge in [-0.1, -0.05) is 18.6 Å². The molecule has 10 heteroatoms. The van der Waals surface area contributed by atoms with E-state index < -0.39 is 0 Å². The topological polar surface area (TPSA) is 80.4 Å². The molecule has 0 bridgehead atoms. The van der Waals surface area contributed by atoms with Crippen LogP contribution in [0.5, 0.6) is 0 Å². The van der Waals surface area contributed by atoms with Gasteiger partial charge in [0.25, 0.3) is 0 Å². The van der Waals surface area contributed by atoms with Crippen molar-refractivity contribution in [2.45, 2.75) is 38.8 Å². The first-order valence-corrected chi connectivity index (χ1v) is 13.6. The Morgan fingerprint density at radius 1 is 0.946 bits per heavy atom. The third-order valence-corrected chi connectivity index (χ3v) is 8.31. The standard InChI is InChI=1S/C27H35N9O/c1-19-28-21-8-3-4-9-22(21)36(19)27-30-25-24(26(31-27)35-13-15-37-16-14-35)29-23(32(25)2)18-33-11-12-34-10-6-5-7-20(34)17-33/h3-4,8-9,20H,5-7,10-18H2,1-2H3. The van der Waals surface area contributed by atoms with Crippen molar-refractivity contribution < 1.29 is 4.74 Å². The number of ether oxygens (including phenoxy) is 1. The number of aryl methyl sites for hydroxylation is 2. The molecular weight excluding hydrogens is 466 g/mol. The summed E-state index contributed by atoms with van der Waals surface area (Å²) < 4.78 is 9.88. The molecule has 7 rings (SSSR count). The van der Waals surface area contributed by atoms with Gasteiger partial charge in [0.15, 0.2) is 17.0 Å². The molecule has 0 aliphatic carbocycles. The van der Waals surface area contributed by atoms with E-state index in [0.29, 0.717) is 25.2 Å². The summed E-state index contributed by atoms with van der Waals surface area (Å²) in [6.45, 7) is 10.5. The Morgan fingerprint density at radius 3 is 2.70 bits per heavy atom. The summed E-state index contributed by atoms with van der Waals surface area (Å²) in [7, 11) is 2.10. The average molecular weight is 502 g/mol. The average Bonchev–Trinajstić information content (AvgIpc) is 3.44. The number of piperazine rings is 1. The molecule has 1 aromatic carbocycles. The summed E-state index contributed by atoms with van der Waals surface area (Å²) in [4.78, 5) is 27.7. The number of hydrogen-bond donors (Lipinski definition) is 0. The van der Waals surface area contributed by atoms with Crippen molar-refractivity contribution in [3.05, 3.63) is 35.9 Å². The van der Waals surface area contributed by atoms with Crippen LogP contribution < -0.4 is 4.90 Å². The van der Waals surface area contributed by atoms with Crippen LogP contribution in [-0.2, 0) is 18.3 Å². The molecule has 0 spiro atoms. The summed E-state index contributed by atoms with van der Waals surface area (Å²) in [6, 6.07) is 8.86. The fraction of sp³-hybridized carbons (Fsp3) is 0.556. The molecule has 0 amide bonds. The number of hydrogen-bond acceptors (Lipinski definition) is 8. The number of nitrogens with zero attached hydrogens (tertiary/aromatic N) is 9. The van der Waals surface area contributed by atoms with Gasteiger partial charge in [0.2, 0.25) is 5.95 Å². The number of aromatic nitrogens is 6. The highest BCUT2D eigenvalue weighted by Crippen LogP contribution is 2.29. The van der Waals surface area contributed by atoms with Crippen LogP contribution in [0.1, 0.15) is 30.9 Å². The van der Waals surface area contributed by atoms with E-state index in [2.05, 4.69) is 36.9 Å². The lowest BCUT2D eigenvalue weighted by molar-refractivity contribution is 0.0442. The van der Waals surface area contributed by atoms with Gasteiger partial charge in [-0.2, -0.15) is 9.97 Å². The highest BCUT2D eigenvalue weighted by molar-refractivity contribution is 5.86. The van der Waals surface area contributed by atoms with Crippen LogP contribution in [-0.4, -0.2) is 97.4 Å². The van der Waals surface area contributed by atoms with Gasteiger partial charge in [-0.15, -0.1) is 0 Å². The minimum atomic E-state index is 0.644. The van der Waals surface area contributed by atoms with Crippen LogP contribution >= 0.6 is 0 Å². The van der Waals surface area contributed by atoms with Crippen molar-refractivity contribution >= 4 is 28.0 Å². The SMILES string of the molecule is Cc1nc2ccccc2n1-c1nc(N2CCOCC2)c2nc(CN3CCN4CCCCC4C3)n(C)c2n1. The van der Waals surface area contributed by atoms with Gasteiger partial charge >= 0.3 is 0 Å². The van der Waals surface area contributed by atoms with Gasteiger partial charge in [-0.25, -0.2) is 9.97 Å². The molecule has 3 fully saturated rings. The molecular formula is C27H35N9O. The molecule has 4 aromatic rings. The van der Waals surface area contributed by atoms with Gasteiger partial charge in [0, 0.05) is 45.8 Å². The van der Waals surface area contributed by atoms with Crippen LogP contribution in [0.3, 0.4) is 0 Å². The highest BCUT2D eigenvalue weighted by Gasteiger charge is 2.30. The van der Waals surface area contributed by atoms with Crippen LogP contribution in [0, 0.1) is 6.92 Å². The zero-order valence-corrected chi connectivity index (χ0v) is 21.8. The Labute approximate surface area is 216 Å². The summed E-state index contributed by atoms with van der Waals surface area (Å²) in [5.74, 6) is 3.46. The van der Waals surface area contributed by atoms with Crippen LogP contribution in [0.4, 0.5) is 5.82 Å². The third kappa shape index (κ3) is 4.07. The van der Waals surface area contributed by atoms with E-state index in [-0.39, 0.29) is 0 Å².